The minimum absolute atomic E-state index is 0.401. The van der Waals surface area contributed by atoms with Crippen LogP contribution in [0.1, 0.15) is 13.8 Å². The Hall–Kier alpha value is -1.09. The second-order valence-corrected chi connectivity index (χ2v) is 10.0. The Labute approximate surface area is 226 Å². The van der Waals surface area contributed by atoms with Gasteiger partial charge < -0.3 is 75.4 Å². The number of methoxy groups -OCH3 is 1. The van der Waals surface area contributed by atoms with E-state index in [1.807, 2.05) is 0 Å². The van der Waals surface area contributed by atoms with E-state index in [4.69, 9.17) is 34.2 Å². The van der Waals surface area contributed by atoms with Crippen molar-refractivity contribution in [3.05, 3.63) is 0 Å². The Kier molecular flexibility index (Phi) is 11.8. The van der Waals surface area contributed by atoms with Crippen molar-refractivity contribution in [2.75, 3.05) is 34.0 Å². The van der Waals surface area contributed by atoms with Gasteiger partial charge in [0.1, 0.15) is 54.9 Å². The molecule has 10 N–H and O–H groups in total. The average molecular weight is 570 g/mol. The smallest absolute Gasteiger partial charge is 0.217 e. The number of nitrogens with two attached hydrogens (primary N) is 1. The van der Waals surface area contributed by atoms with Crippen LogP contribution in [0.3, 0.4) is 0 Å². The molecule has 0 aliphatic carbocycles. The standard InChI is InChI=1S/C23H43N3O13/c1-8-14(26-9(2)30)17(32)20(11(6-28)35-8)39-23-15(25-3)18(33)21(12(7-29)37-23)38-22-13(24)16(31)19(34-4)10(5-27)36-22/h8,10-23,25,27-29,31-33H,5-7,24H2,1-4H3,(H,26,30). The Balaban J connectivity index is 1.78. The predicted octanol–water partition coefficient (Wildman–Crippen LogP) is -5.51. The van der Waals surface area contributed by atoms with Crippen LogP contribution in [-0.4, -0.2) is 162 Å². The van der Waals surface area contributed by atoms with Crippen LogP contribution in [0.2, 0.25) is 0 Å². The van der Waals surface area contributed by atoms with Gasteiger partial charge in [0.2, 0.25) is 5.91 Å². The van der Waals surface area contributed by atoms with Crippen molar-refractivity contribution in [1.29, 1.82) is 0 Å². The maximum absolute atomic E-state index is 11.7. The monoisotopic (exact) mass is 569 g/mol. The first-order valence-corrected chi connectivity index (χ1v) is 12.9. The molecule has 15 atom stereocenters. The first-order chi connectivity index (χ1) is 18.5. The molecule has 0 bridgehead atoms. The van der Waals surface area contributed by atoms with Gasteiger partial charge in [0.05, 0.1) is 44.1 Å². The van der Waals surface area contributed by atoms with Crippen LogP contribution in [0.25, 0.3) is 0 Å². The van der Waals surface area contributed by atoms with Crippen molar-refractivity contribution in [2.24, 2.45) is 5.73 Å². The third-order valence-corrected chi connectivity index (χ3v) is 7.46. The number of carbonyl (C=O) groups is 1. The molecule has 3 aliphatic heterocycles. The summed E-state index contributed by atoms with van der Waals surface area (Å²) >= 11 is 0. The van der Waals surface area contributed by atoms with Crippen molar-refractivity contribution in [1.82, 2.24) is 10.6 Å². The van der Waals surface area contributed by atoms with E-state index in [-0.39, 0.29) is 0 Å². The normalized spacial score (nSPS) is 47.1. The predicted molar refractivity (Wildman–Crippen MR) is 130 cm³/mol. The maximum atomic E-state index is 11.7. The molecule has 3 heterocycles. The fourth-order valence-electron chi connectivity index (χ4n) is 5.36. The molecule has 0 aromatic heterocycles. The van der Waals surface area contributed by atoms with Crippen LogP contribution >= 0.6 is 0 Å². The molecule has 16 nitrogen and oxygen atoms in total. The summed E-state index contributed by atoms with van der Waals surface area (Å²) in [6, 6.07) is -2.97. The average Bonchev–Trinajstić information content (AvgIpc) is 2.91. The topological polar surface area (TPSA) is 244 Å². The van der Waals surface area contributed by atoms with E-state index in [0.717, 1.165) is 0 Å². The first-order valence-electron chi connectivity index (χ1n) is 12.9. The molecule has 0 spiro atoms. The molecule has 16 heteroatoms. The lowest BCUT2D eigenvalue weighted by Gasteiger charge is -2.50. The van der Waals surface area contributed by atoms with E-state index < -0.39 is 117 Å². The van der Waals surface area contributed by atoms with Gasteiger partial charge in [0.25, 0.3) is 0 Å². The number of amides is 1. The molecule has 15 unspecified atom stereocenters. The molecule has 1 amide bonds. The van der Waals surface area contributed by atoms with E-state index in [0.29, 0.717) is 0 Å². The van der Waals surface area contributed by atoms with Crippen LogP contribution in [0.4, 0.5) is 0 Å². The largest absolute Gasteiger partial charge is 0.394 e. The van der Waals surface area contributed by atoms with E-state index >= 15 is 0 Å². The Bertz CT molecular complexity index is 782. The fraction of sp³-hybridized carbons (Fsp3) is 0.957. The third-order valence-electron chi connectivity index (χ3n) is 7.46. The van der Waals surface area contributed by atoms with Gasteiger partial charge in [0.15, 0.2) is 12.6 Å². The van der Waals surface area contributed by atoms with Crippen LogP contribution in [-0.2, 0) is 33.2 Å². The molecule has 0 aromatic rings. The van der Waals surface area contributed by atoms with Gasteiger partial charge in [-0.05, 0) is 14.0 Å². The highest BCUT2D eigenvalue weighted by Crippen LogP contribution is 2.32. The molecule has 39 heavy (non-hydrogen) atoms. The number of rotatable bonds is 10. The molecule has 3 saturated heterocycles. The second kappa shape index (κ2) is 14.2. The molecule has 3 fully saturated rings. The maximum Gasteiger partial charge on any atom is 0.217 e. The number of aliphatic hydroxyl groups excluding tert-OH is 6. The SMILES string of the molecule is CNC1C(OC2C(CO)OC(C)C(NC(C)=O)C2O)OC(CO)C(OC2OC(CO)C(OC)C(O)C2N)C1O. The summed E-state index contributed by atoms with van der Waals surface area (Å²) in [5, 5.41) is 67.9. The summed E-state index contributed by atoms with van der Waals surface area (Å²) in [6.07, 6.45) is -13.7. The van der Waals surface area contributed by atoms with Crippen LogP contribution in [0.15, 0.2) is 0 Å². The summed E-state index contributed by atoms with van der Waals surface area (Å²) < 4.78 is 34.5. The lowest BCUT2D eigenvalue weighted by molar-refractivity contribution is -0.346. The van der Waals surface area contributed by atoms with E-state index in [2.05, 4.69) is 10.6 Å². The number of aliphatic hydroxyl groups is 6. The summed E-state index contributed by atoms with van der Waals surface area (Å²) in [5.41, 5.74) is 6.10. The number of ether oxygens (including phenoxy) is 6. The highest BCUT2D eigenvalue weighted by Gasteiger charge is 2.53. The first kappa shape index (κ1) is 32.4. The van der Waals surface area contributed by atoms with E-state index in [9.17, 15) is 35.4 Å². The Morgan fingerprint density at radius 2 is 1.31 bits per heavy atom. The van der Waals surface area contributed by atoms with Crippen LogP contribution < -0.4 is 16.4 Å². The molecule has 228 valence electrons. The Morgan fingerprint density at radius 3 is 1.82 bits per heavy atom. The van der Waals surface area contributed by atoms with Crippen LogP contribution in [0, 0.1) is 0 Å². The molecular weight excluding hydrogens is 526 g/mol. The van der Waals surface area contributed by atoms with E-state index in [1.54, 1.807) is 6.92 Å². The molecule has 0 radical (unpaired) electrons. The number of likely N-dealkylation sites (N-methyl/N-ethyl adjacent to an activating group) is 1. The van der Waals surface area contributed by atoms with Gasteiger partial charge in [-0.2, -0.15) is 0 Å². The van der Waals surface area contributed by atoms with Crippen LogP contribution in [0.5, 0.6) is 0 Å². The Morgan fingerprint density at radius 1 is 0.821 bits per heavy atom. The number of nitrogens with one attached hydrogen (secondary N) is 2. The summed E-state index contributed by atoms with van der Waals surface area (Å²) in [5.74, 6) is -0.401. The van der Waals surface area contributed by atoms with Gasteiger partial charge in [0, 0.05) is 14.0 Å². The van der Waals surface area contributed by atoms with Gasteiger partial charge >= 0.3 is 0 Å². The highest BCUT2D eigenvalue weighted by atomic mass is 16.7. The number of carbonyl (C=O) groups excluding carboxylic acids is 1. The second-order valence-electron chi connectivity index (χ2n) is 10.0. The summed E-state index contributed by atoms with van der Waals surface area (Å²) in [6.45, 7) is 1.28. The third kappa shape index (κ3) is 6.87. The minimum Gasteiger partial charge on any atom is -0.394 e. The molecule has 3 aliphatic rings. The minimum atomic E-state index is -1.40. The zero-order chi connectivity index (χ0) is 29.0. The van der Waals surface area contributed by atoms with Crippen molar-refractivity contribution >= 4 is 5.91 Å². The highest BCUT2D eigenvalue weighted by molar-refractivity contribution is 5.73. The molecule has 0 saturated carbocycles. The zero-order valence-corrected chi connectivity index (χ0v) is 22.4. The van der Waals surface area contributed by atoms with Gasteiger partial charge in [-0.1, -0.05) is 0 Å². The quantitative estimate of drug-likeness (QED) is 0.119. The summed E-state index contributed by atoms with van der Waals surface area (Å²) in [4.78, 5) is 11.7. The molecule has 3 rings (SSSR count). The number of hydrogen-bond donors (Lipinski definition) is 9. The van der Waals surface area contributed by atoms with Crippen molar-refractivity contribution in [3.8, 4) is 0 Å². The lowest BCUT2D eigenvalue weighted by atomic mass is 9.92. The zero-order valence-electron chi connectivity index (χ0n) is 22.4. The summed E-state index contributed by atoms with van der Waals surface area (Å²) in [7, 11) is 2.85. The number of hydrogen-bond acceptors (Lipinski definition) is 15. The van der Waals surface area contributed by atoms with Crippen molar-refractivity contribution in [2.45, 2.75) is 106 Å². The van der Waals surface area contributed by atoms with E-state index in [1.165, 1.54) is 21.1 Å². The molecule has 0 aromatic carbocycles. The molecular formula is C23H43N3O13. The van der Waals surface area contributed by atoms with Crippen molar-refractivity contribution in [3.63, 3.8) is 0 Å². The van der Waals surface area contributed by atoms with Crippen molar-refractivity contribution < 1.29 is 63.9 Å². The van der Waals surface area contributed by atoms with Gasteiger partial charge in [-0.3, -0.25) is 4.79 Å². The fourth-order valence-corrected chi connectivity index (χ4v) is 5.36. The lowest BCUT2D eigenvalue weighted by Crippen LogP contribution is -2.70. The van der Waals surface area contributed by atoms with Gasteiger partial charge in [-0.25, -0.2) is 0 Å². The van der Waals surface area contributed by atoms with Gasteiger partial charge in [-0.15, -0.1) is 0 Å².